The Labute approximate surface area is 145 Å². The highest BCUT2D eigenvalue weighted by Gasteiger charge is 2.53. The number of hydrogen-bond donors (Lipinski definition) is 0. The molecule has 4 rings (SSSR count). The molecule has 0 bridgehead atoms. The minimum Gasteiger partial charge on any atom is -0.298 e. The number of aromatic nitrogens is 2. The Kier molecular flexibility index (Phi) is 3.52. The predicted octanol–water partition coefficient (Wildman–Crippen LogP) is 1.27. The van der Waals surface area contributed by atoms with Crippen LogP contribution in [0.5, 0.6) is 0 Å². The minimum atomic E-state index is -0.668. The molecule has 132 valence electrons. The number of carbonyl (C=O) groups excluding carboxylic acids is 3. The summed E-state index contributed by atoms with van der Waals surface area (Å²) in [6.45, 7) is 3.19. The van der Waals surface area contributed by atoms with Crippen LogP contribution >= 0.6 is 0 Å². The van der Waals surface area contributed by atoms with E-state index in [4.69, 9.17) is 0 Å². The molecule has 8 nitrogen and oxygen atoms in total. The van der Waals surface area contributed by atoms with E-state index in [1.807, 2.05) is 17.7 Å². The van der Waals surface area contributed by atoms with E-state index in [0.29, 0.717) is 11.9 Å². The lowest BCUT2D eigenvalue weighted by Gasteiger charge is -2.32. The summed E-state index contributed by atoms with van der Waals surface area (Å²) in [5.74, 6) is 0.557. The van der Waals surface area contributed by atoms with Crippen LogP contribution in [0.15, 0.2) is 11.2 Å². The Morgan fingerprint density at radius 2 is 2.00 bits per heavy atom. The van der Waals surface area contributed by atoms with Crippen molar-refractivity contribution in [2.24, 2.45) is 4.99 Å². The van der Waals surface area contributed by atoms with Crippen molar-refractivity contribution in [1.82, 2.24) is 14.4 Å². The molecule has 0 radical (unpaired) electrons. The van der Waals surface area contributed by atoms with E-state index in [1.54, 1.807) is 7.05 Å². The Morgan fingerprint density at radius 3 is 2.64 bits per heavy atom. The maximum absolute atomic E-state index is 12.9. The SMILES string of the molecule is CC(=O)CN1C(=O)C2C(=Nc3n(C4CCCC4)c(C)c[n+]32)N(C)C1=O. The Morgan fingerprint density at radius 1 is 1.32 bits per heavy atom. The standard InChI is InChI=1S/C17H22N5O3/c1-10-8-20-13-14(18-16(20)22(10)12-6-4-5-7-12)19(3)17(25)21(15(13)24)9-11(2)23/h8,12-13H,4-7,9H2,1-3H3/q+1. The van der Waals surface area contributed by atoms with Crippen molar-refractivity contribution >= 4 is 29.5 Å². The first-order chi connectivity index (χ1) is 11.9. The van der Waals surface area contributed by atoms with E-state index in [-0.39, 0.29) is 18.2 Å². The van der Waals surface area contributed by atoms with E-state index in [0.717, 1.165) is 29.4 Å². The second kappa shape index (κ2) is 5.50. The molecule has 0 spiro atoms. The lowest BCUT2D eigenvalue weighted by atomic mass is 10.1. The normalized spacial score (nSPS) is 23.2. The number of urea groups is 1. The molecule has 25 heavy (non-hydrogen) atoms. The second-order valence-electron chi connectivity index (χ2n) is 7.13. The molecule has 1 saturated heterocycles. The third-order valence-corrected chi connectivity index (χ3v) is 5.32. The van der Waals surface area contributed by atoms with Gasteiger partial charge in [0.15, 0.2) is 0 Å². The topological polar surface area (TPSA) is 78.9 Å². The number of carbonyl (C=O) groups is 3. The molecule has 2 fully saturated rings. The van der Waals surface area contributed by atoms with Crippen molar-refractivity contribution in [3.8, 4) is 0 Å². The van der Waals surface area contributed by atoms with Gasteiger partial charge in [-0.3, -0.25) is 19.4 Å². The van der Waals surface area contributed by atoms with Gasteiger partial charge in [0.05, 0.1) is 12.6 Å². The van der Waals surface area contributed by atoms with Gasteiger partial charge in [-0.25, -0.2) is 13.9 Å². The molecule has 1 unspecified atom stereocenters. The zero-order valence-electron chi connectivity index (χ0n) is 14.7. The fourth-order valence-electron chi connectivity index (χ4n) is 4.18. The Bertz CT molecular complexity index is 818. The molecular weight excluding hydrogens is 322 g/mol. The number of ketones is 1. The number of imide groups is 1. The van der Waals surface area contributed by atoms with E-state index >= 15 is 0 Å². The molecule has 1 aromatic heterocycles. The van der Waals surface area contributed by atoms with Crippen LogP contribution in [-0.2, 0) is 9.59 Å². The smallest absolute Gasteiger partial charge is 0.298 e. The van der Waals surface area contributed by atoms with Gasteiger partial charge in [-0.05, 0) is 39.5 Å². The minimum absolute atomic E-state index is 0.204. The van der Waals surface area contributed by atoms with E-state index in [9.17, 15) is 14.4 Å². The van der Waals surface area contributed by atoms with Crippen molar-refractivity contribution in [1.29, 1.82) is 0 Å². The second-order valence-corrected chi connectivity index (χ2v) is 7.13. The van der Waals surface area contributed by atoms with Crippen molar-refractivity contribution in [2.45, 2.75) is 51.6 Å². The van der Waals surface area contributed by atoms with Crippen LogP contribution in [0.4, 0.5) is 10.7 Å². The lowest BCUT2D eigenvalue weighted by molar-refractivity contribution is -0.677. The van der Waals surface area contributed by atoms with Crippen LogP contribution in [0.25, 0.3) is 0 Å². The molecule has 1 atom stereocenters. The number of aryl methyl sites for hydroxylation is 1. The maximum Gasteiger partial charge on any atom is 0.402 e. The third kappa shape index (κ3) is 2.23. The van der Waals surface area contributed by atoms with E-state index in [1.165, 1.54) is 24.7 Å². The number of amidine groups is 1. The first-order valence-corrected chi connectivity index (χ1v) is 8.70. The number of Topliss-reactive ketones (excluding diaryl/α,β-unsaturated/α-hetero) is 1. The fourth-order valence-corrected chi connectivity index (χ4v) is 4.18. The number of imidazole rings is 1. The zero-order valence-corrected chi connectivity index (χ0v) is 14.7. The van der Waals surface area contributed by atoms with Crippen LogP contribution in [0.3, 0.4) is 0 Å². The summed E-state index contributed by atoms with van der Waals surface area (Å²) in [4.78, 5) is 43.9. The van der Waals surface area contributed by atoms with Crippen molar-refractivity contribution in [3.63, 3.8) is 0 Å². The van der Waals surface area contributed by atoms with Gasteiger partial charge in [-0.15, -0.1) is 0 Å². The Hall–Kier alpha value is -2.51. The van der Waals surface area contributed by atoms with Gasteiger partial charge < -0.3 is 0 Å². The number of likely N-dealkylation sites (N-methyl/N-ethyl adjacent to an activating group) is 1. The average Bonchev–Trinajstić information content (AvgIpc) is 3.24. The molecule has 0 aromatic carbocycles. The van der Waals surface area contributed by atoms with Crippen LogP contribution in [0.2, 0.25) is 0 Å². The van der Waals surface area contributed by atoms with Crippen LogP contribution in [0.1, 0.15) is 50.4 Å². The van der Waals surface area contributed by atoms with E-state index < -0.39 is 12.1 Å². The van der Waals surface area contributed by atoms with Crippen LogP contribution < -0.4 is 4.57 Å². The summed E-state index contributed by atoms with van der Waals surface area (Å²) >= 11 is 0. The summed E-state index contributed by atoms with van der Waals surface area (Å²) in [6, 6.07) is -0.770. The highest BCUT2D eigenvalue weighted by molar-refractivity contribution is 6.19. The molecule has 1 aromatic rings. The maximum atomic E-state index is 12.9. The van der Waals surface area contributed by atoms with Crippen LogP contribution in [-0.4, -0.2) is 51.5 Å². The molecule has 3 aliphatic rings. The third-order valence-electron chi connectivity index (χ3n) is 5.32. The molecule has 8 heteroatoms. The highest BCUT2D eigenvalue weighted by atomic mass is 16.2. The van der Waals surface area contributed by atoms with Crippen LogP contribution in [0, 0.1) is 6.92 Å². The summed E-state index contributed by atoms with van der Waals surface area (Å²) in [5.41, 5.74) is 1.06. The van der Waals surface area contributed by atoms with Crippen molar-refractivity contribution < 1.29 is 19.0 Å². The quantitative estimate of drug-likeness (QED) is 0.775. The number of amides is 3. The van der Waals surface area contributed by atoms with Gasteiger partial charge in [0.2, 0.25) is 11.9 Å². The Balaban J connectivity index is 1.79. The lowest BCUT2D eigenvalue weighted by Crippen LogP contribution is -2.63. The first kappa shape index (κ1) is 16.0. The van der Waals surface area contributed by atoms with Gasteiger partial charge in [-0.1, -0.05) is 4.99 Å². The number of hydrogen-bond acceptors (Lipinski definition) is 4. The van der Waals surface area contributed by atoms with Gasteiger partial charge in [-0.2, -0.15) is 0 Å². The zero-order chi connectivity index (χ0) is 17.9. The van der Waals surface area contributed by atoms with Gasteiger partial charge >= 0.3 is 12.0 Å². The van der Waals surface area contributed by atoms with E-state index in [2.05, 4.69) is 9.56 Å². The van der Waals surface area contributed by atoms with Gasteiger partial charge in [0.25, 0.3) is 5.91 Å². The molecule has 1 saturated carbocycles. The molecule has 3 amide bonds. The first-order valence-electron chi connectivity index (χ1n) is 8.70. The van der Waals surface area contributed by atoms with Gasteiger partial charge in [0.1, 0.15) is 17.7 Å². The summed E-state index contributed by atoms with van der Waals surface area (Å²) in [7, 11) is 1.60. The monoisotopic (exact) mass is 344 g/mol. The fraction of sp³-hybridized carbons (Fsp3) is 0.588. The number of aliphatic imine (C=N–C) groups is 1. The summed E-state index contributed by atoms with van der Waals surface area (Å²) < 4.78 is 4.04. The molecular formula is C17H22N5O3+. The average molecular weight is 344 g/mol. The largest absolute Gasteiger partial charge is 0.402 e. The van der Waals surface area contributed by atoms with Crippen molar-refractivity contribution in [3.05, 3.63) is 11.9 Å². The number of fused-ring (bicyclic) bond motifs is 3. The summed E-state index contributed by atoms with van der Waals surface area (Å²) in [5, 5.41) is 0. The highest BCUT2D eigenvalue weighted by Crippen LogP contribution is 2.36. The van der Waals surface area contributed by atoms with Gasteiger partial charge in [0, 0.05) is 7.05 Å². The predicted molar refractivity (Wildman–Crippen MR) is 88.6 cm³/mol. The number of nitrogens with zero attached hydrogens (tertiary/aromatic N) is 5. The summed E-state index contributed by atoms with van der Waals surface area (Å²) in [6.07, 6.45) is 6.55. The molecule has 0 N–H and O–H groups in total. The molecule has 1 aliphatic carbocycles. The van der Waals surface area contributed by atoms with Crippen molar-refractivity contribution in [2.75, 3.05) is 13.6 Å². The molecule has 2 aliphatic heterocycles. The molecule has 3 heterocycles. The number of rotatable bonds is 3.